The molecule has 0 unspecified atom stereocenters. The molecule has 1 saturated carbocycles. The summed E-state index contributed by atoms with van der Waals surface area (Å²) in [5.41, 5.74) is 1.25. The third kappa shape index (κ3) is 5.49. The molecule has 1 aromatic carbocycles. The summed E-state index contributed by atoms with van der Waals surface area (Å²) < 4.78 is 48.5. The number of benzene rings is 1. The Balaban J connectivity index is 1.15. The van der Waals surface area contributed by atoms with E-state index in [9.17, 15) is 18.0 Å². The fraction of sp³-hybridized carbons (Fsp3) is 0.696. The summed E-state index contributed by atoms with van der Waals surface area (Å²) in [6.45, 7) is 3.39. The van der Waals surface area contributed by atoms with Crippen LogP contribution in [0.5, 0.6) is 11.5 Å². The lowest BCUT2D eigenvalue weighted by atomic mass is 9.83. The maximum absolute atomic E-state index is 12.4. The summed E-state index contributed by atoms with van der Waals surface area (Å²) in [5.74, 6) is 1.40. The number of nitrogens with zero attached hydrogens (tertiary/aromatic N) is 1. The molecule has 2 aliphatic heterocycles. The zero-order valence-electron chi connectivity index (χ0n) is 18.1. The number of piperidine rings is 1. The lowest BCUT2D eigenvalue weighted by Crippen LogP contribution is -2.48. The molecule has 0 spiro atoms. The highest BCUT2D eigenvalue weighted by molar-refractivity contribution is 5.81. The van der Waals surface area contributed by atoms with Gasteiger partial charge in [0.25, 0.3) is 5.91 Å². The molecule has 9 heteroatoms. The van der Waals surface area contributed by atoms with Crippen LogP contribution in [0.3, 0.4) is 0 Å². The molecule has 4 rings (SSSR count). The molecule has 2 heterocycles. The molecule has 1 amide bonds. The van der Waals surface area contributed by atoms with E-state index in [1.165, 1.54) is 5.56 Å². The van der Waals surface area contributed by atoms with E-state index in [1.54, 1.807) is 0 Å². The molecular formula is C23H31F3N2O4. The number of amides is 1. The molecule has 0 radical (unpaired) electrons. The van der Waals surface area contributed by atoms with Gasteiger partial charge in [0.15, 0.2) is 11.5 Å². The van der Waals surface area contributed by atoms with Crippen molar-refractivity contribution in [2.24, 2.45) is 5.92 Å². The number of para-hydroxylation sites is 1. The summed E-state index contributed by atoms with van der Waals surface area (Å²) in [4.78, 5) is 14.1. The quantitative estimate of drug-likeness (QED) is 0.685. The molecule has 1 atom stereocenters. The molecule has 1 saturated heterocycles. The van der Waals surface area contributed by atoms with Crippen molar-refractivity contribution in [2.75, 3.05) is 26.4 Å². The molecule has 0 bridgehead atoms. The summed E-state index contributed by atoms with van der Waals surface area (Å²) in [6, 6.07) is 5.82. The van der Waals surface area contributed by atoms with Gasteiger partial charge in [-0.3, -0.25) is 4.79 Å². The predicted molar refractivity (Wildman–Crippen MR) is 112 cm³/mol. The number of rotatable bonds is 6. The van der Waals surface area contributed by atoms with Gasteiger partial charge in [-0.2, -0.15) is 13.2 Å². The van der Waals surface area contributed by atoms with Crippen LogP contribution >= 0.6 is 0 Å². The van der Waals surface area contributed by atoms with Gasteiger partial charge in [0, 0.05) is 11.6 Å². The fourth-order valence-corrected chi connectivity index (χ4v) is 5.13. The Labute approximate surface area is 186 Å². The second kappa shape index (κ2) is 9.87. The highest BCUT2D eigenvalue weighted by atomic mass is 19.4. The minimum absolute atomic E-state index is 0.287. The summed E-state index contributed by atoms with van der Waals surface area (Å²) in [6.07, 6.45) is -1.55. The van der Waals surface area contributed by atoms with E-state index in [2.05, 4.69) is 16.3 Å². The van der Waals surface area contributed by atoms with Crippen LogP contribution < -0.4 is 14.8 Å². The Morgan fingerprint density at radius 3 is 2.53 bits per heavy atom. The average molecular weight is 457 g/mol. The number of fused-ring (bicyclic) bond motifs is 1. The van der Waals surface area contributed by atoms with Crippen molar-refractivity contribution in [3.63, 3.8) is 0 Å². The zero-order valence-corrected chi connectivity index (χ0v) is 18.1. The SMILES string of the molecule is O=C(NC1CCC(CCN2CCC(c3cccc4c3OCO4)CC2)CC1)[C@H](O)C(F)(F)F. The van der Waals surface area contributed by atoms with Gasteiger partial charge < -0.3 is 24.8 Å². The van der Waals surface area contributed by atoms with E-state index in [-0.39, 0.29) is 6.04 Å². The van der Waals surface area contributed by atoms with E-state index in [4.69, 9.17) is 14.6 Å². The Bertz CT molecular complexity index is 788. The van der Waals surface area contributed by atoms with Crippen molar-refractivity contribution in [3.05, 3.63) is 23.8 Å². The summed E-state index contributed by atoms with van der Waals surface area (Å²) >= 11 is 0. The standard InChI is InChI=1S/C23H31F3N2O4/c24-23(25,26)21(29)22(30)27-17-6-4-15(5-7-17)8-11-28-12-9-16(10-13-28)18-2-1-3-19-20(18)32-14-31-19/h1-3,15-17,21,29H,4-14H2,(H,27,30)/t15?,17?,21-/m0/s1. The second-order valence-corrected chi connectivity index (χ2v) is 9.16. The first kappa shape index (κ1) is 23.2. The van der Waals surface area contributed by atoms with Crippen molar-refractivity contribution < 1.29 is 32.5 Å². The van der Waals surface area contributed by atoms with Gasteiger partial charge in [-0.15, -0.1) is 0 Å². The molecule has 178 valence electrons. The van der Waals surface area contributed by atoms with E-state index in [1.807, 2.05) is 12.1 Å². The number of nitrogens with one attached hydrogen (secondary N) is 1. The monoisotopic (exact) mass is 456 g/mol. The van der Waals surface area contributed by atoms with Crippen LogP contribution in [0.2, 0.25) is 0 Å². The van der Waals surface area contributed by atoms with Gasteiger partial charge in [0.1, 0.15) is 0 Å². The largest absolute Gasteiger partial charge is 0.454 e. The van der Waals surface area contributed by atoms with E-state index in [0.717, 1.165) is 63.2 Å². The summed E-state index contributed by atoms with van der Waals surface area (Å²) in [5, 5.41) is 11.4. The Morgan fingerprint density at radius 2 is 1.84 bits per heavy atom. The highest BCUT2D eigenvalue weighted by Crippen LogP contribution is 2.42. The first-order valence-electron chi connectivity index (χ1n) is 11.5. The number of hydrogen-bond acceptors (Lipinski definition) is 5. The predicted octanol–water partition coefficient (Wildman–Crippen LogP) is 3.58. The van der Waals surface area contributed by atoms with E-state index < -0.39 is 18.2 Å². The van der Waals surface area contributed by atoms with E-state index in [0.29, 0.717) is 31.5 Å². The second-order valence-electron chi connectivity index (χ2n) is 9.16. The Hall–Kier alpha value is -2.00. The van der Waals surface area contributed by atoms with Crippen LogP contribution in [0.25, 0.3) is 0 Å². The van der Waals surface area contributed by atoms with Crippen LogP contribution in [-0.4, -0.2) is 60.7 Å². The molecule has 2 fully saturated rings. The van der Waals surface area contributed by atoms with Crippen LogP contribution in [-0.2, 0) is 4.79 Å². The smallest absolute Gasteiger partial charge is 0.423 e. The third-order valence-corrected chi connectivity index (χ3v) is 7.06. The molecule has 32 heavy (non-hydrogen) atoms. The first-order chi connectivity index (χ1) is 15.3. The minimum atomic E-state index is -4.92. The molecule has 0 aromatic heterocycles. The Kier molecular flexibility index (Phi) is 7.14. The maximum Gasteiger partial charge on any atom is 0.423 e. The lowest BCUT2D eigenvalue weighted by molar-refractivity contribution is -0.205. The van der Waals surface area contributed by atoms with Gasteiger partial charge in [-0.25, -0.2) is 0 Å². The topological polar surface area (TPSA) is 71.0 Å². The number of carbonyl (C=O) groups excluding carboxylic acids is 1. The third-order valence-electron chi connectivity index (χ3n) is 7.06. The molecule has 1 aliphatic carbocycles. The van der Waals surface area contributed by atoms with Gasteiger partial charge in [0.05, 0.1) is 0 Å². The number of likely N-dealkylation sites (tertiary alicyclic amines) is 1. The fourth-order valence-electron chi connectivity index (χ4n) is 5.13. The first-order valence-corrected chi connectivity index (χ1v) is 11.5. The minimum Gasteiger partial charge on any atom is -0.454 e. The summed E-state index contributed by atoms with van der Waals surface area (Å²) in [7, 11) is 0. The van der Waals surface area contributed by atoms with Crippen LogP contribution in [0.4, 0.5) is 13.2 Å². The van der Waals surface area contributed by atoms with Crippen molar-refractivity contribution >= 4 is 5.91 Å². The Morgan fingerprint density at radius 1 is 1.12 bits per heavy atom. The van der Waals surface area contributed by atoms with Gasteiger partial charge in [-0.05, 0) is 82.5 Å². The maximum atomic E-state index is 12.4. The molecule has 2 N–H and O–H groups in total. The van der Waals surface area contributed by atoms with E-state index >= 15 is 0 Å². The number of alkyl halides is 3. The lowest BCUT2D eigenvalue weighted by Gasteiger charge is -2.35. The van der Waals surface area contributed by atoms with Gasteiger partial charge in [0.2, 0.25) is 12.9 Å². The van der Waals surface area contributed by atoms with Crippen LogP contribution in [0.1, 0.15) is 56.4 Å². The zero-order chi connectivity index (χ0) is 22.7. The van der Waals surface area contributed by atoms with Crippen molar-refractivity contribution in [2.45, 2.75) is 69.2 Å². The van der Waals surface area contributed by atoms with Crippen LogP contribution in [0.15, 0.2) is 18.2 Å². The van der Waals surface area contributed by atoms with Gasteiger partial charge >= 0.3 is 6.18 Å². The number of hydrogen-bond donors (Lipinski definition) is 2. The van der Waals surface area contributed by atoms with Gasteiger partial charge in [-0.1, -0.05) is 12.1 Å². The molecule has 6 nitrogen and oxygen atoms in total. The number of ether oxygens (including phenoxy) is 2. The molecule has 1 aromatic rings. The number of halogens is 3. The number of carbonyl (C=O) groups is 1. The van der Waals surface area contributed by atoms with Crippen molar-refractivity contribution in [1.82, 2.24) is 10.2 Å². The normalized spacial score (nSPS) is 25.5. The molecular weight excluding hydrogens is 425 g/mol. The molecule has 3 aliphatic rings. The average Bonchev–Trinajstić information content (AvgIpc) is 3.27. The number of aliphatic hydroxyl groups is 1. The number of aliphatic hydroxyl groups excluding tert-OH is 1. The van der Waals surface area contributed by atoms with Crippen molar-refractivity contribution in [3.8, 4) is 11.5 Å². The van der Waals surface area contributed by atoms with Crippen LogP contribution in [0, 0.1) is 5.92 Å². The van der Waals surface area contributed by atoms with Crippen molar-refractivity contribution in [1.29, 1.82) is 0 Å². The highest BCUT2D eigenvalue weighted by Gasteiger charge is 2.44.